The van der Waals surface area contributed by atoms with E-state index in [2.05, 4.69) is 21.2 Å². The van der Waals surface area contributed by atoms with E-state index >= 15 is 0 Å². The lowest BCUT2D eigenvalue weighted by molar-refractivity contribution is 0.0950. The van der Waals surface area contributed by atoms with E-state index in [9.17, 15) is 9.18 Å². The quantitative estimate of drug-likeness (QED) is 0.855. The molecule has 6 heteroatoms. The molecular formula is C17H17BrFNO3. The number of benzene rings is 2. The SMILES string of the molecule is COc1cc(C(=O)NCc2ccc(Br)cc2F)cc(OC)c1C. The van der Waals surface area contributed by atoms with Crippen LogP contribution < -0.4 is 14.8 Å². The van der Waals surface area contributed by atoms with Crippen molar-refractivity contribution in [2.24, 2.45) is 0 Å². The van der Waals surface area contributed by atoms with Crippen LogP contribution in [0.1, 0.15) is 21.5 Å². The number of carbonyl (C=O) groups excluding carboxylic acids is 1. The van der Waals surface area contributed by atoms with Crippen LogP contribution in [0.2, 0.25) is 0 Å². The van der Waals surface area contributed by atoms with E-state index in [1.54, 1.807) is 24.3 Å². The van der Waals surface area contributed by atoms with Crippen molar-refractivity contribution < 1.29 is 18.7 Å². The number of rotatable bonds is 5. The molecule has 2 aromatic carbocycles. The fourth-order valence-corrected chi connectivity index (χ4v) is 2.49. The normalized spacial score (nSPS) is 10.3. The van der Waals surface area contributed by atoms with Gasteiger partial charge in [0.2, 0.25) is 0 Å². The van der Waals surface area contributed by atoms with Crippen molar-refractivity contribution in [1.29, 1.82) is 0 Å². The van der Waals surface area contributed by atoms with Gasteiger partial charge in [-0.1, -0.05) is 22.0 Å². The van der Waals surface area contributed by atoms with Crippen molar-refractivity contribution in [3.8, 4) is 11.5 Å². The maximum atomic E-state index is 13.8. The summed E-state index contributed by atoms with van der Waals surface area (Å²) in [5, 5.41) is 2.69. The molecule has 0 heterocycles. The second-order valence-corrected chi connectivity index (χ2v) is 5.84. The highest BCUT2D eigenvalue weighted by atomic mass is 79.9. The summed E-state index contributed by atoms with van der Waals surface area (Å²) in [5.41, 5.74) is 1.61. The first-order chi connectivity index (χ1) is 11.0. The summed E-state index contributed by atoms with van der Waals surface area (Å²) in [6.45, 7) is 1.94. The zero-order chi connectivity index (χ0) is 17.0. The zero-order valence-electron chi connectivity index (χ0n) is 13.1. The monoisotopic (exact) mass is 381 g/mol. The predicted molar refractivity (Wildman–Crippen MR) is 89.6 cm³/mol. The molecule has 0 fully saturated rings. The van der Waals surface area contributed by atoms with Gasteiger partial charge in [0, 0.05) is 27.7 Å². The number of carbonyl (C=O) groups is 1. The van der Waals surface area contributed by atoms with Crippen LogP contribution in [-0.2, 0) is 6.54 Å². The molecule has 0 aliphatic rings. The van der Waals surface area contributed by atoms with Crippen molar-refractivity contribution in [3.63, 3.8) is 0 Å². The Balaban J connectivity index is 2.17. The van der Waals surface area contributed by atoms with Crippen LogP contribution in [0.25, 0.3) is 0 Å². The summed E-state index contributed by atoms with van der Waals surface area (Å²) in [6, 6.07) is 7.97. The number of halogens is 2. The molecule has 1 amide bonds. The second-order valence-electron chi connectivity index (χ2n) is 4.92. The number of hydrogen-bond acceptors (Lipinski definition) is 3. The Labute approximate surface area is 142 Å². The molecule has 0 saturated carbocycles. The Bertz CT molecular complexity index is 709. The van der Waals surface area contributed by atoms with E-state index in [1.807, 2.05) is 6.92 Å². The second kappa shape index (κ2) is 7.46. The van der Waals surface area contributed by atoms with Gasteiger partial charge in [0.05, 0.1) is 14.2 Å². The van der Waals surface area contributed by atoms with Crippen LogP contribution in [0.5, 0.6) is 11.5 Å². The Morgan fingerprint density at radius 2 is 1.78 bits per heavy atom. The highest BCUT2D eigenvalue weighted by Gasteiger charge is 2.14. The third-order valence-corrected chi connectivity index (χ3v) is 3.96. The van der Waals surface area contributed by atoms with Crippen LogP contribution >= 0.6 is 15.9 Å². The van der Waals surface area contributed by atoms with Crippen molar-refractivity contribution in [2.75, 3.05) is 14.2 Å². The molecule has 0 saturated heterocycles. The minimum Gasteiger partial charge on any atom is -0.496 e. The molecule has 0 atom stereocenters. The van der Waals surface area contributed by atoms with Crippen LogP contribution in [0.15, 0.2) is 34.8 Å². The molecule has 0 unspecified atom stereocenters. The third-order valence-electron chi connectivity index (χ3n) is 3.47. The first-order valence-corrected chi connectivity index (χ1v) is 7.70. The molecule has 0 bridgehead atoms. The Kier molecular flexibility index (Phi) is 5.60. The average Bonchev–Trinajstić information content (AvgIpc) is 2.54. The molecule has 2 aromatic rings. The van der Waals surface area contributed by atoms with Gasteiger partial charge in [0.15, 0.2) is 0 Å². The van der Waals surface area contributed by atoms with Gasteiger partial charge in [-0.05, 0) is 31.2 Å². The number of ether oxygens (including phenoxy) is 2. The molecule has 23 heavy (non-hydrogen) atoms. The molecule has 4 nitrogen and oxygen atoms in total. The lowest BCUT2D eigenvalue weighted by Crippen LogP contribution is -2.23. The number of nitrogens with one attached hydrogen (secondary N) is 1. The largest absolute Gasteiger partial charge is 0.496 e. The summed E-state index contributed by atoms with van der Waals surface area (Å²) in [4.78, 5) is 12.3. The van der Waals surface area contributed by atoms with Gasteiger partial charge in [-0.2, -0.15) is 0 Å². The van der Waals surface area contributed by atoms with E-state index < -0.39 is 0 Å². The Hall–Kier alpha value is -2.08. The lowest BCUT2D eigenvalue weighted by atomic mass is 10.1. The highest BCUT2D eigenvalue weighted by molar-refractivity contribution is 9.10. The smallest absolute Gasteiger partial charge is 0.251 e. The van der Waals surface area contributed by atoms with Gasteiger partial charge >= 0.3 is 0 Å². The topological polar surface area (TPSA) is 47.6 Å². The van der Waals surface area contributed by atoms with Crippen molar-refractivity contribution in [3.05, 3.63) is 57.3 Å². The lowest BCUT2D eigenvalue weighted by Gasteiger charge is -2.13. The summed E-state index contributed by atoms with van der Waals surface area (Å²) in [7, 11) is 3.06. The van der Waals surface area contributed by atoms with Crippen LogP contribution in [0.3, 0.4) is 0 Å². The van der Waals surface area contributed by atoms with Gasteiger partial charge in [0.25, 0.3) is 5.91 Å². The van der Waals surface area contributed by atoms with Gasteiger partial charge in [-0.25, -0.2) is 4.39 Å². The fourth-order valence-electron chi connectivity index (χ4n) is 2.16. The van der Waals surface area contributed by atoms with E-state index in [4.69, 9.17) is 9.47 Å². The molecule has 0 spiro atoms. The fraction of sp³-hybridized carbons (Fsp3) is 0.235. The molecule has 0 radical (unpaired) electrons. The van der Waals surface area contributed by atoms with E-state index in [0.717, 1.165) is 5.56 Å². The summed E-state index contributed by atoms with van der Waals surface area (Å²) < 4.78 is 24.9. The number of hydrogen-bond donors (Lipinski definition) is 1. The molecule has 2 rings (SSSR count). The minimum absolute atomic E-state index is 0.0937. The van der Waals surface area contributed by atoms with Crippen molar-refractivity contribution >= 4 is 21.8 Å². The highest BCUT2D eigenvalue weighted by Crippen LogP contribution is 2.29. The zero-order valence-corrected chi connectivity index (χ0v) is 14.7. The van der Waals surface area contributed by atoms with Crippen LogP contribution in [0.4, 0.5) is 4.39 Å². The van der Waals surface area contributed by atoms with E-state index in [0.29, 0.717) is 27.1 Å². The molecule has 0 aliphatic heterocycles. The molecule has 0 aliphatic carbocycles. The first-order valence-electron chi connectivity index (χ1n) is 6.91. The molecule has 0 aromatic heterocycles. The predicted octanol–water partition coefficient (Wildman–Crippen LogP) is 3.84. The maximum absolute atomic E-state index is 13.8. The standard InChI is InChI=1S/C17H17BrFNO3/c1-10-15(22-2)6-12(7-16(10)23-3)17(21)20-9-11-4-5-13(18)8-14(11)19/h4-8H,9H2,1-3H3,(H,20,21). The number of methoxy groups -OCH3 is 2. The summed E-state index contributed by atoms with van der Waals surface area (Å²) in [6.07, 6.45) is 0. The van der Waals surface area contributed by atoms with E-state index in [-0.39, 0.29) is 18.3 Å². The van der Waals surface area contributed by atoms with Crippen molar-refractivity contribution in [2.45, 2.75) is 13.5 Å². The molecular weight excluding hydrogens is 365 g/mol. The van der Waals surface area contributed by atoms with Gasteiger partial charge < -0.3 is 14.8 Å². The van der Waals surface area contributed by atoms with Crippen LogP contribution in [-0.4, -0.2) is 20.1 Å². The number of amides is 1. The third kappa shape index (κ3) is 4.01. The summed E-state index contributed by atoms with van der Waals surface area (Å²) >= 11 is 3.20. The Morgan fingerprint density at radius 3 is 2.30 bits per heavy atom. The first kappa shape index (κ1) is 17.3. The minimum atomic E-state index is -0.376. The van der Waals surface area contributed by atoms with Gasteiger partial charge in [-0.15, -0.1) is 0 Å². The maximum Gasteiger partial charge on any atom is 0.251 e. The Morgan fingerprint density at radius 1 is 1.17 bits per heavy atom. The van der Waals surface area contributed by atoms with Crippen LogP contribution in [0, 0.1) is 12.7 Å². The van der Waals surface area contributed by atoms with Gasteiger partial charge in [0.1, 0.15) is 17.3 Å². The average molecular weight is 382 g/mol. The molecule has 1 N–H and O–H groups in total. The summed E-state index contributed by atoms with van der Waals surface area (Å²) in [5.74, 6) is 0.413. The van der Waals surface area contributed by atoms with Crippen molar-refractivity contribution in [1.82, 2.24) is 5.32 Å². The van der Waals surface area contributed by atoms with Gasteiger partial charge in [-0.3, -0.25) is 4.79 Å². The van der Waals surface area contributed by atoms with E-state index in [1.165, 1.54) is 20.3 Å². The molecule has 122 valence electrons.